The number of β-amino-alcohol motifs (C(OH)–C–C–N with tert-alkyl or cyclic N) is 1. The van der Waals surface area contributed by atoms with Crippen molar-refractivity contribution < 1.29 is 5.11 Å². The molecule has 0 aliphatic carbocycles. The van der Waals surface area contributed by atoms with Gasteiger partial charge in [-0.05, 0) is 19.8 Å². The van der Waals surface area contributed by atoms with Crippen LogP contribution in [0.4, 0.5) is 11.6 Å². The Morgan fingerprint density at radius 2 is 2.22 bits per heavy atom. The van der Waals surface area contributed by atoms with Crippen molar-refractivity contribution in [2.75, 3.05) is 30.4 Å². The highest BCUT2D eigenvalue weighted by Gasteiger charge is 2.24. The van der Waals surface area contributed by atoms with E-state index in [9.17, 15) is 5.11 Å². The Labute approximate surface area is 108 Å². The number of aromatic nitrogens is 2. The first kappa shape index (κ1) is 13.1. The van der Waals surface area contributed by atoms with Gasteiger partial charge in [-0.15, -0.1) is 0 Å². The minimum atomic E-state index is -0.230. The summed E-state index contributed by atoms with van der Waals surface area (Å²) in [4.78, 5) is 11.3. The molecule has 1 atom stereocenters. The highest BCUT2D eigenvalue weighted by atomic mass is 16.3. The van der Waals surface area contributed by atoms with E-state index in [0.717, 1.165) is 48.8 Å². The quantitative estimate of drug-likeness (QED) is 0.844. The number of rotatable bonds is 4. The third kappa shape index (κ3) is 2.56. The molecule has 1 saturated heterocycles. The van der Waals surface area contributed by atoms with Crippen LogP contribution in [0.5, 0.6) is 0 Å². The van der Waals surface area contributed by atoms with Gasteiger partial charge in [-0.3, -0.25) is 0 Å². The van der Waals surface area contributed by atoms with E-state index in [1.807, 2.05) is 14.0 Å². The predicted octanol–water partition coefficient (Wildman–Crippen LogP) is 1.35. The summed E-state index contributed by atoms with van der Waals surface area (Å²) >= 11 is 0. The molecule has 100 valence electrons. The molecular formula is C13H22N4O. The van der Waals surface area contributed by atoms with Gasteiger partial charge in [-0.2, -0.15) is 0 Å². The second kappa shape index (κ2) is 5.52. The lowest BCUT2D eigenvalue weighted by molar-refractivity contribution is 0.198. The summed E-state index contributed by atoms with van der Waals surface area (Å²) in [6, 6.07) is 0. The Morgan fingerprint density at radius 1 is 1.44 bits per heavy atom. The molecule has 0 saturated carbocycles. The van der Waals surface area contributed by atoms with Crippen LogP contribution >= 0.6 is 0 Å². The molecule has 5 heteroatoms. The van der Waals surface area contributed by atoms with Crippen LogP contribution in [0.3, 0.4) is 0 Å². The SMILES string of the molecule is CCCc1nc(NC)c(C)c(N2CCC(O)C2)n1. The zero-order chi connectivity index (χ0) is 13.1. The lowest BCUT2D eigenvalue weighted by atomic mass is 10.2. The number of anilines is 2. The van der Waals surface area contributed by atoms with Gasteiger partial charge in [0, 0.05) is 32.1 Å². The fraction of sp³-hybridized carbons (Fsp3) is 0.692. The summed E-state index contributed by atoms with van der Waals surface area (Å²) in [5.74, 6) is 2.74. The summed E-state index contributed by atoms with van der Waals surface area (Å²) in [5, 5.41) is 12.8. The van der Waals surface area contributed by atoms with Crippen molar-refractivity contribution in [3.05, 3.63) is 11.4 Å². The second-order valence-electron chi connectivity index (χ2n) is 4.83. The van der Waals surface area contributed by atoms with E-state index < -0.39 is 0 Å². The molecule has 5 nitrogen and oxygen atoms in total. The number of nitrogens with one attached hydrogen (secondary N) is 1. The average Bonchev–Trinajstić information content (AvgIpc) is 2.78. The summed E-state index contributed by atoms with van der Waals surface area (Å²) in [6.45, 7) is 5.70. The van der Waals surface area contributed by atoms with Gasteiger partial charge in [0.2, 0.25) is 0 Å². The number of aliphatic hydroxyl groups is 1. The zero-order valence-corrected chi connectivity index (χ0v) is 11.4. The summed E-state index contributed by atoms with van der Waals surface area (Å²) in [6.07, 6.45) is 2.51. The van der Waals surface area contributed by atoms with Crippen LogP contribution in [0.25, 0.3) is 0 Å². The number of nitrogens with zero attached hydrogens (tertiary/aromatic N) is 3. The van der Waals surface area contributed by atoms with E-state index in [1.165, 1.54) is 0 Å². The molecule has 2 N–H and O–H groups in total. The maximum Gasteiger partial charge on any atom is 0.137 e. The maximum atomic E-state index is 9.65. The molecule has 2 rings (SSSR count). The third-order valence-electron chi connectivity index (χ3n) is 3.34. The van der Waals surface area contributed by atoms with Gasteiger partial charge >= 0.3 is 0 Å². The first-order valence-corrected chi connectivity index (χ1v) is 6.64. The molecule has 1 unspecified atom stereocenters. The lowest BCUT2D eigenvalue weighted by Gasteiger charge is -2.21. The Kier molecular flexibility index (Phi) is 4.01. The first-order chi connectivity index (χ1) is 8.65. The van der Waals surface area contributed by atoms with E-state index >= 15 is 0 Å². The molecule has 2 heterocycles. The van der Waals surface area contributed by atoms with Gasteiger partial charge in [0.05, 0.1) is 6.10 Å². The minimum Gasteiger partial charge on any atom is -0.391 e. The molecule has 1 aromatic rings. The van der Waals surface area contributed by atoms with Crippen LogP contribution in [0, 0.1) is 6.92 Å². The topological polar surface area (TPSA) is 61.3 Å². The van der Waals surface area contributed by atoms with Crippen LogP contribution in [0.1, 0.15) is 31.2 Å². The Bertz CT molecular complexity index is 422. The highest BCUT2D eigenvalue weighted by molar-refractivity contribution is 5.59. The van der Waals surface area contributed by atoms with E-state index in [0.29, 0.717) is 6.54 Å². The van der Waals surface area contributed by atoms with Crippen LogP contribution in [0.15, 0.2) is 0 Å². The van der Waals surface area contributed by atoms with Gasteiger partial charge in [0.1, 0.15) is 17.5 Å². The normalized spacial score (nSPS) is 19.3. The van der Waals surface area contributed by atoms with Crippen molar-refractivity contribution in [2.45, 2.75) is 39.2 Å². The van der Waals surface area contributed by atoms with E-state index in [2.05, 4.69) is 27.1 Å². The Balaban J connectivity index is 2.35. The van der Waals surface area contributed by atoms with Gasteiger partial charge in [0.25, 0.3) is 0 Å². The van der Waals surface area contributed by atoms with Crippen molar-refractivity contribution in [1.82, 2.24) is 9.97 Å². The predicted molar refractivity (Wildman–Crippen MR) is 73.1 cm³/mol. The molecule has 0 radical (unpaired) electrons. The van der Waals surface area contributed by atoms with Gasteiger partial charge < -0.3 is 15.3 Å². The van der Waals surface area contributed by atoms with E-state index in [-0.39, 0.29) is 6.10 Å². The molecule has 0 amide bonds. The number of aryl methyl sites for hydroxylation is 1. The van der Waals surface area contributed by atoms with Crippen LogP contribution in [-0.4, -0.2) is 41.3 Å². The Hall–Kier alpha value is -1.36. The van der Waals surface area contributed by atoms with Crippen molar-refractivity contribution in [2.24, 2.45) is 0 Å². The monoisotopic (exact) mass is 250 g/mol. The fourth-order valence-corrected chi connectivity index (χ4v) is 2.37. The van der Waals surface area contributed by atoms with E-state index in [1.54, 1.807) is 0 Å². The third-order valence-corrected chi connectivity index (χ3v) is 3.34. The molecule has 0 spiro atoms. The largest absolute Gasteiger partial charge is 0.391 e. The maximum absolute atomic E-state index is 9.65. The molecule has 1 fully saturated rings. The summed E-state index contributed by atoms with van der Waals surface area (Å²) < 4.78 is 0. The van der Waals surface area contributed by atoms with Crippen molar-refractivity contribution >= 4 is 11.6 Å². The van der Waals surface area contributed by atoms with Crippen LogP contribution in [-0.2, 0) is 6.42 Å². The Morgan fingerprint density at radius 3 is 2.78 bits per heavy atom. The number of hydrogen-bond acceptors (Lipinski definition) is 5. The second-order valence-corrected chi connectivity index (χ2v) is 4.83. The fourth-order valence-electron chi connectivity index (χ4n) is 2.37. The summed E-state index contributed by atoms with van der Waals surface area (Å²) in [7, 11) is 1.88. The van der Waals surface area contributed by atoms with Crippen molar-refractivity contribution in [3.63, 3.8) is 0 Å². The standard InChI is InChI=1S/C13H22N4O/c1-4-5-11-15-12(14-3)9(2)13(16-11)17-7-6-10(18)8-17/h10,18H,4-8H2,1-3H3,(H,14,15,16). The molecule has 0 bridgehead atoms. The summed E-state index contributed by atoms with van der Waals surface area (Å²) in [5.41, 5.74) is 1.06. The molecule has 1 aromatic heterocycles. The van der Waals surface area contributed by atoms with Crippen molar-refractivity contribution in [3.8, 4) is 0 Å². The number of hydrogen-bond donors (Lipinski definition) is 2. The molecule has 1 aliphatic heterocycles. The number of aliphatic hydroxyl groups excluding tert-OH is 1. The first-order valence-electron chi connectivity index (χ1n) is 6.64. The molecule has 1 aliphatic rings. The zero-order valence-electron chi connectivity index (χ0n) is 11.4. The highest BCUT2D eigenvalue weighted by Crippen LogP contribution is 2.26. The smallest absolute Gasteiger partial charge is 0.137 e. The van der Waals surface area contributed by atoms with Gasteiger partial charge in [-0.25, -0.2) is 9.97 Å². The van der Waals surface area contributed by atoms with Crippen LogP contribution in [0.2, 0.25) is 0 Å². The van der Waals surface area contributed by atoms with E-state index in [4.69, 9.17) is 0 Å². The molecular weight excluding hydrogens is 228 g/mol. The average molecular weight is 250 g/mol. The van der Waals surface area contributed by atoms with Gasteiger partial charge in [-0.1, -0.05) is 6.92 Å². The molecule has 0 aromatic carbocycles. The van der Waals surface area contributed by atoms with Crippen LogP contribution < -0.4 is 10.2 Å². The lowest BCUT2D eigenvalue weighted by Crippen LogP contribution is -2.24. The van der Waals surface area contributed by atoms with Crippen molar-refractivity contribution in [1.29, 1.82) is 0 Å². The minimum absolute atomic E-state index is 0.230. The van der Waals surface area contributed by atoms with Gasteiger partial charge in [0.15, 0.2) is 0 Å². The molecule has 18 heavy (non-hydrogen) atoms.